The van der Waals surface area contributed by atoms with Crippen LogP contribution in [-0.4, -0.2) is 15.8 Å². The van der Waals surface area contributed by atoms with E-state index in [0.717, 1.165) is 18.3 Å². The van der Waals surface area contributed by atoms with Gasteiger partial charge in [-0.15, -0.1) is 0 Å². The molecule has 2 aromatic rings. The number of rotatable bonds is 5. The Morgan fingerprint density at radius 3 is 3.12 bits per heavy atom. The highest BCUT2D eigenvalue weighted by Gasteiger charge is 2.20. The third-order valence-corrected chi connectivity index (χ3v) is 2.96. The molecule has 2 heterocycles. The summed E-state index contributed by atoms with van der Waals surface area (Å²) in [5.41, 5.74) is 2.39. The monoisotopic (exact) mass is 231 g/mol. The second-order valence-electron chi connectivity index (χ2n) is 4.79. The molecule has 0 aliphatic heterocycles. The van der Waals surface area contributed by atoms with Gasteiger partial charge in [0.15, 0.2) is 0 Å². The van der Waals surface area contributed by atoms with Crippen LogP contribution in [0.2, 0.25) is 0 Å². The van der Waals surface area contributed by atoms with Crippen LogP contribution < -0.4 is 5.32 Å². The molecule has 1 N–H and O–H groups in total. The van der Waals surface area contributed by atoms with E-state index in [1.54, 1.807) is 0 Å². The van der Waals surface area contributed by atoms with Crippen molar-refractivity contribution in [1.29, 1.82) is 0 Å². The second-order valence-corrected chi connectivity index (χ2v) is 4.79. The largest absolute Gasteiger partial charge is 0.467 e. The van der Waals surface area contributed by atoms with Crippen LogP contribution in [0.25, 0.3) is 0 Å². The van der Waals surface area contributed by atoms with Crippen molar-refractivity contribution < 1.29 is 4.42 Å². The van der Waals surface area contributed by atoms with Gasteiger partial charge >= 0.3 is 0 Å². The summed E-state index contributed by atoms with van der Waals surface area (Å²) >= 11 is 0. The molecule has 17 heavy (non-hydrogen) atoms. The number of aryl methyl sites for hydroxylation is 1. The van der Waals surface area contributed by atoms with Gasteiger partial charge in [0.2, 0.25) is 0 Å². The molecular weight excluding hydrogens is 214 g/mol. The van der Waals surface area contributed by atoms with Crippen molar-refractivity contribution in [2.75, 3.05) is 0 Å². The molecule has 4 heteroatoms. The molecule has 1 aliphatic rings. The van der Waals surface area contributed by atoms with Crippen molar-refractivity contribution in [2.24, 2.45) is 0 Å². The van der Waals surface area contributed by atoms with E-state index in [4.69, 9.17) is 4.42 Å². The normalized spacial score (nSPS) is 15.4. The first-order valence-corrected chi connectivity index (χ1v) is 6.08. The number of hydrogen-bond acceptors (Lipinski definition) is 3. The molecule has 3 rings (SSSR count). The predicted octanol–water partition coefficient (Wildman–Crippen LogP) is 2.08. The summed E-state index contributed by atoms with van der Waals surface area (Å²) in [4.78, 5) is 0. The zero-order valence-electron chi connectivity index (χ0n) is 10.0. The molecule has 0 atom stereocenters. The summed E-state index contributed by atoms with van der Waals surface area (Å²) in [7, 11) is 0. The molecule has 0 spiro atoms. The molecule has 4 nitrogen and oxygen atoms in total. The summed E-state index contributed by atoms with van der Waals surface area (Å²) in [6, 6.07) is 2.84. The zero-order valence-corrected chi connectivity index (χ0v) is 10.0. The quantitative estimate of drug-likeness (QED) is 0.856. The lowest BCUT2D eigenvalue weighted by Crippen LogP contribution is -2.14. The molecule has 1 saturated carbocycles. The number of nitrogens with zero attached hydrogens (tertiary/aromatic N) is 2. The summed E-state index contributed by atoms with van der Waals surface area (Å²) in [6.45, 7) is 3.65. The van der Waals surface area contributed by atoms with E-state index >= 15 is 0 Å². The first-order chi connectivity index (χ1) is 8.29. The molecule has 0 saturated heterocycles. The summed E-state index contributed by atoms with van der Waals surface area (Å²) in [6.07, 6.45) is 8.35. The van der Waals surface area contributed by atoms with Crippen molar-refractivity contribution in [3.8, 4) is 0 Å². The third-order valence-electron chi connectivity index (χ3n) is 2.96. The van der Waals surface area contributed by atoms with Gasteiger partial charge in [-0.25, -0.2) is 0 Å². The van der Waals surface area contributed by atoms with E-state index < -0.39 is 0 Å². The number of furan rings is 1. The van der Waals surface area contributed by atoms with E-state index in [-0.39, 0.29) is 0 Å². The van der Waals surface area contributed by atoms with Crippen molar-refractivity contribution >= 4 is 0 Å². The number of hydrogen-bond donors (Lipinski definition) is 1. The second kappa shape index (κ2) is 4.37. The molecule has 2 aromatic heterocycles. The van der Waals surface area contributed by atoms with Crippen molar-refractivity contribution in [3.05, 3.63) is 41.6 Å². The van der Waals surface area contributed by atoms with Gasteiger partial charge in [0.05, 0.1) is 19.0 Å². The summed E-state index contributed by atoms with van der Waals surface area (Å²) in [5, 5.41) is 7.72. The maximum atomic E-state index is 5.53. The van der Waals surface area contributed by atoms with E-state index in [1.807, 2.05) is 30.3 Å². The minimum absolute atomic E-state index is 0.706. The molecule has 0 bridgehead atoms. The lowest BCUT2D eigenvalue weighted by atomic mass is 10.3. The first-order valence-electron chi connectivity index (χ1n) is 6.08. The van der Waals surface area contributed by atoms with Crippen LogP contribution in [-0.2, 0) is 13.1 Å². The Balaban J connectivity index is 1.59. The van der Waals surface area contributed by atoms with Gasteiger partial charge in [-0.2, -0.15) is 5.10 Å². The fourth-order valence-corrected chi connectivity index (χ4v) is 1.86. The Hall–Kier alpha value is -1.55. The molecule has 0 unspecified atom stereocenters. The van der Waals surface area contributed by atoms with Crippen LogP contribution in [0.4, 0.5) is 0 Å². The Bertz CT molecular complexity index is 496. The molecule has 0 radical (unpaired) electrons. The average Bonchev–Trinajstić information content (AvgIpc) is 2.90. The standard InChI is InChI=1S/C13H17N3O/c1-10-5-15-16(7-10)8-13-4-11(9-17-13)6-14-12-2-3-12/h4-5,7,9,12,14H,2-3,6,8H2,1H3. The van der Waals surface area contributed by atoms with Crippen LogP contribution in [0.3, 0.4) is 0 Å². The Morgan fingerprint density at radius 2 is 2.41 bits per heavy atom. The van der Waals surface area contributed by atoms with Gasteiger partial charge in [0.1, 0.15) is 5.76 Å². The van der Waals surface area contributed by atoms with Gasteiger partial charge in [0, 0.05) is 24.3 Å². The van der Waals surface area contributed by atoms with Crippen LogP contribution >= 0.6 is 0 Å². The molecule has 1 aliphatic carbocycles. The van der Waals surface area contributed by atoms with Crippen LogP contribution in [0, 0.1) is 6.92 Å². The van der Waals surface area contributed by atoms with Crippen LogP contribution in [0.15, 0.2) is 29.1 Å². The van der Waals surface area contributed by atoms with Crippen molar-refractivity contribution in [3.63, 3.8) is 0 Å². The number of nitrogens with one attached hydrogen (secondary N) is 1. The van der Waals surface area contributed by atoms with Gasteiger partial charge in [-0.3, -0.25) is 4.68 Å². The van der Waals surface area contributed by atoms with Gasteiger partial charge in [-0.1, -0.05) is 0 Å². The summed E-state index contributed by atoms with van der Waals surface area (Å²) < 4.78 is 7.42. The zero-order chi connectivity index (χ0) is 11.7. The highest BCUT2D eigenvalue weighted by molar-refractivity contribution is 5.13. The number of aromatic nitrogens is 2. The summed E-state index contributed by atoms with van der Waals surface area (Å²) in [5.74, 6) is 0.959. The molecule has 0 aromatic carbocycles. The van der Waals surface area contributed by atoms with Crippen LogP contribution in [0.5, 0.6) is 0 Å². The SMILES string of the molecule is Cc1cnn(Cc2cc(CNC3CC3)co2)c1. The highest BCUT2D eigenvalue weighted by Crippen LogP contribution is 2.19. The Labute approximate surface area is 101 Å². The maximum absolute atomic E-state index is 5.53. The maximum Gasteiger partial charge on any atom is 0.125 e. The van der Waals surface area contributed by atoms with E-state index in [0.29, 0.717) is 6.54 Å². The van der Waals surface area contributed by atoms with Gasteiger partial charge in [-0.05, 0) is 31.4 Å². The predicted molar refractivity (Wildman–Crippen MR) is 64.6 cm³/mol. The lowest BCUT2D eigenvalue weighted by molar-refractivity contribution is 0.478. The first kappa shape index (κ1) is 10.6. The fraction of sp³-hybridized carbons (Fsp3) is 0.462. The fourth-order valence-electron chi connectivity index (χ4n) is 1.86. The minimum Gasteiger partial charge on any atom is -0.467 e. The van der Waals surface area contributed by atoms with E-state index in [1.165, 1.54) is 24.0 Å². The topological polar surface area (TPSA) is 43.0 Å². The van der Waals surface area contributed by atoms with Crippen molar-refractivity contribution in [2.45, 2.75) is 38.9 Å². The van der Waals surface area contributed by atoms with Crippen molar-refractivity contribution in [1.82, 2.24) is 15.1 Å². The molecular formula is C13H17N3O. The van der Waals surface area contributed by atoms with Gasteiger partial charge in [0.25, 0.3) is 0 Å². The average molecular weight is 231 g/mol. The molecule has 0 amide bonds. The van der Waals surface area contributed by atoms with Crippen LogP contribution in [0.1, 0.15) is 29.7 Å². The molecule has 90 valence electrons. The Kier molecular flexibility index (Phi) is 2.73. The minimum atomic E-state index is 0.706. The smallest absolute Gasteiger partial charge is 0.125 e. The lowest BCUT2D eigenvalue weighted by Gasteiger charge is -1.97. The van der Waals surface area contributed by atoms with Gasteiger partial charge < -0.3 is 9.73 Å². The highest BCUT2D eigenvalue weighted by atomic mass is 16.3. The Morgan fingerprint density at radius 1 is 1.53 bits per heavy atom. The van der Waals surface area contributed by atoms with E-state index in [9.17, 15) is 0 Å². The molecule has 1 fully saturated rings. The van der Waals surface area contributed by atoms with E-state index in [2.05, 4.69) is 16.5 Å². The third kappa shape index (κ3) is 2.77.